The van der Waals surface area contributed by atoms with Gasteiger partial charge in [-0.1, -0.05) is 11.6 Å². The highest BCUT2D eigenvalue weighted by molar-refractivity contribution is 6.45. The molecule has 0 aliphatic carbocycles. The molecule has 0 saturated carbocycles. The number of aromatic nitrogens is 2. The van der Waals surface area contributed by atoms with Gasteiger partial charge in [0.15, 0.2) is 5.82 Å². The second-order valence-electron chi connectivity index (χ2n) is 4.30. The first kappa shape index (κ1) is 12.5. The lowest BCUT2D eigenvalue weighted by Gasteiger charge is -2.18. The number of nitrogens with one attached hydrogen (secondary N) is 2. The number of anilines is 2. The van der Waals surface area contributed by atoms with Crippen molar-refractivity contribution >= 4 is 36.8 Å². The highest BCUT2D eigenvalue weighted by Gasteiger charge is 2.17. The molecule has 1 aliphatic rings. The molecule has 1 fully saturated rings. The van der Waals surface area contributed by atoms with Crippen molar-refractivity contribution in [3.63, 3.8) is 0 Å². The maximum atomic E-state index is 6.05. The molecule has 1 aliphatic heterocycles. The molecule has 1 aromatic heterocycles. The van der Waals surface area contributed by atoms with Gasteiger partial charge in [0.2, 0.25) is 5.95 Å². The summed E-state index contributed by atoms with van der Waals surface area (Å²) in [7, 11) is 9.51. The van der Waals surface area contributed by atoms with E-state index in [9.17, 15) is 0 Å². The molecule has 0 bridgehead atoms. The zero-order chi connectivity index (χ0) is 12.4. The quantitative estimate of drug-likeness (QED) is 0.727. The fourth-order valence-corrected chi connectivity index (χ4v) is 2.03. The number of nitrogens with zero attached hydrogens (tertiary/aromatic N) is 3. The standard InChI is InChI=1S/C10H15BClN5/c1-17(2)9-7(12)8(11)15-10(16-9)14-6-3-4-13-5-6/h6,13H,3-5H2,1-2H3,(H,14,15,16)/t6-/m1/s1. The minimum absolute atomic E-state index is 0.304. The summed E-state index contributed by atoms with van der Waals surface area (Å²) in [6.45, 7) is 1.93. The van der Waals surface area contributed by atoms with Gasteiger partial charge in [-0.25, -0.2) is 4.98 Å². The van der Waals surface area contributed by atoms with Crippen molar-refractivity contribution in [2.75, 3.05) is 37.4 Å². The van der Waals surface area contributed by atoms with Crippen LogP contribution in [0.1, 0.15) is 6.42 Å². The van der Waals surface area contributed by atoms with Crippen LogP contribution in [-0.4, -0.2) is 51.0 Å². The van der Waals surface area contributed by atoms with Crippen LogP contribution in [0.4, 0.5) is 11.8 Å². The molecule has 1 aromatic rings. The minimum Gasteiger partial charge on any atom is -0.361 e. The molecule has 1 atom stereocenters. The van der Waals surface area contributed by atoms with Crippen LogP contribution in [0.15, 0.2) is 0 Å². The van der Waals surface area contributed by atoms with Crippen LogP contribution in [0, 0.1) is 0 Å². The third-order valence-corrected chi connectivity index (χ3v) is 3.04. The molecule has 0 amide bonds. The molecule has 0 spiro atoms. The first-order valence-corrected chi connectivity index (χ1v) is 5.93. The van der Waals surface area contributed by atoms with Crippen molar-refractivity contribution in [3.05, 3.63) is 5.02 Å². The van der Waals surface area contributed by atoms with E-state index >= 15 is 0 Å². The van der Waals surface area contributed by atoms with Crippen molar-refractivity contribution in [2.45, 2.75) is 12.5 Å². The van der Waals surface area contributed by atoms with Crippen LogP contribution in [0.25, 0.3) is 0 Å². The minimum atomic E-state index is 0.304. The zero-order valence-electron chi connectivity index (χ0n) is 10.00. The lowest BCUT2D eigenvalue weighted by Crippen LogP contribution is -2.27. The Kier molecular flexibility index (Phi) is 3.74. The molecule has 1 saturated heterocycles. The second kappa shape index (κ2) is 5.10. The third-order valence-electron chi connectivity index (χ3n) is 2.68. The van der Waals surface area contributed by atoms with E-state index in [-0.39, 0.29) is 0 Å². The molecular weight excluding hydrogens is 236 g/mol. The summed E-state index contributed by atoms with van der Waals surface area (Å²) in [6, 6.07) is 0.352. The fraction of sp³-hybridized carbons (Fsp3) is 0.600. The molecule has 17 heavy (non-hydrogen) atoms. The molecule has 0 aromatic carbocycles. The first-order valence-electron chi connectivity index (χ1n) is 5.55. The van der Waals surface area contributed by atoms with Gasteiger partial charge in [0, 0.05) is 32.3 Å². The zero-order valence-corrected chi connectivity index (χ0v) is 10.8. The Balaban J connectivity index is 2.22. The van der Waals surface area contributed by atoms with E-state index in [2.05, 4.69) is 20.6 Å². The van der Waals surface area contributed by atoms with Crippen LogP contribution in [0.5, 0.6) is 0 Å². The predicted octanol–water partition coefficient (Wildman–Crippen LogP) is -0.236. The van der Waals surface area contributed by atoms with Gasteiger partial charge in [-0.05, 0) is 13.0 Å². The van der Waals surface area contributed by atoms with Gasteiger partial charge in [-0.15, -0.1) is 0 Å². The number of rotatable bonds is 3. The summed E-state index contributed by atoms with van der Waals surface area (Å²) in [5.41, 5.74) is 0.304. The van der Waals surface area contributed by atoms with E-state index in [0.29, 0.717) is 28.4 Å². The van der Waals surface area contributed by atoms with Gasteiger partial charge < -0.3 is 15.5 Å². The average Bonchev–Trinajstić information content (AvgIpc) is 2.75. The Hall–Kier alpha value is -1.01. The maximum Gasteiger partial charge on any atom is 0.224 e. The summed E-state index contributed by atoms with van der Waals surface area (Å²) in [4.78, 5) is 10.3. The topological polar surface area (TPSA) is 53.1 Å². The van der Waals surface area contributed by atoms with E-state index in [1.165, 1.54) is 0 Å². The highest BCUT2D eigenvalue weighted by atomic mass is 35.5. The van der Waals surface area contributed by atoms with Gasteiger partial charge in [0.25, 0.3) is 0 Å². The van der Waals surface area contributed by atoms with Crippen LogP contribution in [0.2, 0.25) is 5.02 Å². The van der Waals surface area contributed by atoms with Crippen molar-refractivity contribution in [1.82, 2.24) is 15.3 Å². The van der Waals surface area contributed by atoms with Gasteiger partial charge in [-0.3, -0.25) is 0 Å². The van der Waals surface area contributed by atoms with Gasteiger partial charge >= 0.3 is 0 Å². The van der Waals surface area contributed by atoms with Crippen molar-refractivity contribution in [3.8, 4) is 0 Å². The van der Waals surface area contributed by atoms with E-state index in [0.717, 1.165) is 19.5 Å². The average molecular weight is 252 g/mol. The summed E-state index contributed by atoms with van der Waals surface area (Å²) in [5, 5.41) is 6.92. The third kappa shape index (κ3) is 2.81. The van der Waals surface area contributed by atoms with E-state index in [4.69, 9.17) is 19.4 Å². The summed E-state index contributed by atoms with van der Waals surface area (Å²) < 4.78 is 0. The van der Waals surface area contributed by atoms with Crippen LogP contribution < -0.4 is 21.1 Å². The predicted molar refractivity (Wildman–Crippen MR) is 71.7 cm³/mol. The second-order valence-corrected chi connectivity index (χ2v) is 4.68. The molecule has 0 unspecified atom stereocenters. The van der Waals surface area contributed by atoms with Crippen LogP contribution in [0.3, 0.4) is 0 Å². The molecule has 7 heteroatoms. The van der Waals surface area contributed by atoms with E-state index < -0.39 is 0 Å². The largest absolute Gasteiger partial charge is 0.361 e. The number of hydrogen-bond donors (Lipinski definition) is 2. The van der Waals surface area contributed by atoms with Crippen molar-refractivity contribution in [2.24, 2.45) is 0 Å². The van der Waals surface area contributed by atoms with E-state index in [1.54, 1.807) is 0 Å². The maximum absolute atomic E-state index is 6.05. The lowest BCUT2D eigenvalue weighted by molar-refractivity contribution is 0.781. The molecular formula is C10H15BClN5. The molecule has 2 N–H and O–H groups in total. The number of hydrogen-bond acceptors (Lipinski definition) is 5. The van der Waals surface area contributed by atoms with Crippen molar-refractivity contribution < 1.29 is 0 Å². The Labute approximate surface area is 107 Å². The first-order chi connectivity index (χ1) is 8.08. The molecule has 90 valence electrons. The molecule has 2 radical (unpaired) electrons. The summed E-state index contributed by atoms with van der Waals surface area (Å²) >= 11 is 6.05. The molecule has 2 heterocycles. The summed E-state index contributed by atoms with van der Waals surface area (Å²) in [6.07, 6.45) is 1.06. The van der Waals surface area contributed by atoms with Crippen LogP contribution >= 0.6 is 11.6 Å². The van der Waals surface area contributed by atoms with Gasteiger partial charge in [-0.2, -0.15) is 4.98 Å². The number of halogens is 1. The van der Waals surface area contributed by atoms with Crippen LogP contribution in [-0.2, 0) is 0 Å². The Morgan fingerprint density at radius 1 is 1.47 bits per heavy atom. The SMILES string of the molecule is [B]c1nc(N[C@@H]2CCNC2)nc(N(C)C)c1Cl. The van der Waals surface area contributed by atoms with E-state index in [1.807, 2.05) is 19.0 Å². The monoisotopic (exact) mass is 251 g/mol. The summed E-state index contributed by atoms with van der Waals surface area (Å²) in [5.74, 6) is 1.16. The van der Waals surface area contributed by atoms with Gasteiger partial charge in [0.1, 0.15) is 7.85 Å². The Morgan fingerprint density at radius 2 is 2.24 bits per heavy atom. The Bertz CT molecular complexity index is 406. The normalized spacial score (nSPS) is 19.4. The molecule has 2 rings (SSSR count). The fourth-order valence-electron chi connectivity index (χ4n) is 1.77. The Morgan fingerprint density at radius 3 is 2.82 bits per heavy atom. The highest BCUT2D eigenvalue weighted by Crippen LogP contribution is 2.20. The van der Waals surface area contributed by atoms with Gasteiger partial charge in [0.05, 0.1) is 5.02 Å². The smallest absolute Gasteiger partial charge is 0.224 e. The van der Waals surface area contributed by atoms with Crippen molar-refractivity contribution in [1.29, 1.82) is 0 Å². The molecule has 5 nitrogen and oxygen atoms in total. The lowest BCUT2D eigenvalue weighted by atomic mass is 10.0.